The summed E-state index contributed by atoms with van der Waals surface area (Å²) >= 11 is 0. The molecule has 1 atom stereocenters. The van der Waals surface area contributed by atoms with Gasteiger partial charge in [0.1, 0.15) is 6.04 Å². The fourth-order valence-corrected chi connectivity index (χ4v) is 1.98. The van der Waals surface area contributed by atoms with Crippen LogP contribution in [0.5, 0.6) is 0 Å². The Kier molecular flexibility index (Phi) is 4.51. The number of nitrogens with two attached hydrogens (primary N) is 1. The van der Waals surface area contributed by atoms with Crippen LogP contribution < -0.4 is 11.1 Å². The molecule has 3 N–H and O–H groups in total. The van der Waals surface area contributed by atoms with Crippen molar-refractivity contribution in [2.45, 2.75) is 51.6 Å². The zero-order valence-corrected chi connectivity index (χ0v) is 11.0. The van der Waals surface area contributed by atoms with E-state index in [1.54, 1.807) is 25.7 Å². The predicted molar refractivity (Wildman–Crippen MR) is 66.3 cm³/mol. The van der Waals surface area contributed by atoms with Crippen LogP contribution in [0.4, 0.5) is 0 Å². The molecule has 0 bridgehead atoms. The minimum atomic E-state index is -0.541. The number of likely N-dealkylation sites (tertiary alicyclic amines) is 1. The molecule has 17 heavy (non-hydrogen) atoms. The van der Waals surface area contributed by atoms with Crippen LogP contribution in [0.3, 0.4) is 0 Å². The van der Waals surface area contributed by atoms with Crippen molar-refractivity contribution >= 4 is 11.8 Å². The topological polar surface area (TPSA) is 75.4 Å². The van der Waals surface area contributed by atoms with Gasteiger partial charge in [0.25, 0.3) is 0 Å². The Balaban J connectivity index is 2.40. The molecule has 98 valence electrons. The lowest BCUT2D eigenvalue weighted by molar-refractivity contribution is -0.135. The molecule has 0 aromatic rings. The number of hydrogen-bond acceptors (Lipinski definition) is 3. The first-order valence-electron chi connectivity index (χ1n) is 6.16. The van der Waals surface area contributed by atoms with Gasteiger partial charge in [-0.25, -0.2) is 0 Å². The summed E-state index contributed by atoms with van der Waals surface area (Å²) < 4.78 is 0. The summed E-state index contributed by atoms with van der Waals surface area (Å²) in [5, 5.41) is 2.70. The number of rotatable bonds is 4. The van der Waals surface area contributed by atoms with Crippen molar-refractivity contribution in [1.82, 2.24) is 10.2 Å². The number of hydrogen-bond donors (Lipinski definition) is 2. The van der Waals surface area contributed by atoms with Gasteiger partial charge in [-0.05, 0) is 33.6 Å². The number of carbonyl (C=O) groups is 2. The molecule has 0 radical (unpaired) electrons. The average molecular weight is 241 g/mol. The summed E-state index contributed by atoms with van der Waals surface area (Å²) in [6.45, 7) is 6.92. The molecule has 1 unspecified atom stereocenters. The normalized spacial score (nSPS) is 18.0. The summed E-state index contributed by atoms with van der Waals surface area (Å²) in [5.41, 5.74) is 5.21. The third-order valence-corrected chi connectivity index (χ3v) is 2.78. The number of carbonyl (C=O) groups excluding carboxylic acids is 2. The van der Waals surface area contributed by atoms with Crippen molar-refractivity contribution < 1.29 is 9.59 Å². The molecule has 0 saturated carbocycles. The summed E-state index contributed by atoms with van der Waals surface area (Å²) in [5.74, 6) is -0.164. The van der Waals surface area contributed by atoms with Crippen LogP contribution in [0, 0.1) is 0 Å². The average Bonchev–Trinajstić information content (AvgIpc) is 2.65. The highest BCUT2D eigenvalue weighted by Gasteiger charge is 2.25. The van der Waals surface area contributed by atoms with E-state index in [1.165, 1.54) is 0 Å². The molecule has 0 spiro atoms. The number of nitrogens with one attached hydrogen (secondary N) is 1. The largest absolute Gasteiger partial charge is 0.345 e. The van der Waals surface area contributed by atoms with Gasteiger partial charge in [-0.3, -0.25) is 9.59 Å². The summed E-state index contributed by atoms with van der Waals surface area (Å²) in [6.07, 6.45) is 2.34. The van der Waals surface area contributed by atoms with Gasteiger partial charge in [0, 0.05) is 25.0 Å². The maximum absolute atomic E-state index is 11.9. The van der Waals surface area contributed by atoms with Crippen molar-refractivity contribution in [3.8, 4) is 0 Å². The maximum Gasteiger partial charge on any atom is 0.244 e. The second-order valence-corrected chi connectivity index (χ2v) is 5.49. The second kappa shape index (κ2) is 5.49. The molecule has 1 saturated heterocycles. The van der Waals surface area contributed by atoms with Crippen LogP contribution in [-0.2, 0) is 9.59 Å². The van der Waals surface area contributed by atoms with Crippen molar-refractivity contribution in [2.24, 2.45) is 5.73 Å². The van der Waals surface area contributed by atoms with E-state index in [4.69, 9.17) is 5.73 Å². The van der Waals surface area contributed by atoms with Gasteiger partial charge >= 0.3 is 0 Å². The van der Waals surface area contributed by atoms with E-state index < -0.39 is 11.6 Å². The highest BCUT2D eigenvalue weighted by molar-refractivity contribution is 5.87. The lowest BCUT2D eigenvalue weighted by Crippen LogP contribution is -2.48. The first-order valence-corrected chi connectivity index (χ1v) is 6.16. The summed E-state index contributed by atoms with van der Waals surface area (Å²) in [4.78, 5) is 25.4. The zero-order valence-electron chi connectivity index (χ0n) is 11.0. The quantitative estimate of drug-likeness (QED) is 0.740. The molecule has 1 aliphatic heterocycles. The molecular formula is C12H23N3O2. The van der Waals surface area contributed by atoms with Gasteiger partial charge in [0.2, 0.25) is 11.8 Å². The van der Waals surface area contributed by atoms with E-state index in [9.17, 15) is 9.59 Å². The van der Waals surface area contributed by atoms with Crippen molar-refractivity contribution in [1.29, 1.82) is 0 Å². The maximum atomic E-state index is 11.9. The van der Waals surface area contributed by atoms with Gasteiger partial charge in [0.15, 0.2) is 0 Å². The lowest BCUT2D eigenvalue weighted by atomic mass is 10.0. The van der Waals surface area contributed by atoms with E-state index in [1.807, 2.05) is 0 Å². The Morgan fingerprint density at radius 3 is 2.35 bits per heavy atom. The Morgan fingerprint density at radius 2 is 1.88 bits per heavy atom. The number of nitrogens with zero attached hydrogens (tertiary/aromatic N) is 1. The Morgan fingerprint density at radius 1 is 1.35 bits per heavy atom. The molecule has 5 nitrogen and oxygen atoms in total. The fourth-order valence-electron chi connectivity index (χ4n) is 1.98. The molecular weight excluding hydrogens is 218 g/mol. The first kappa shape index (κ1) is 14.0. The van der Waals surface area contributed by atoms with Crippen LogP contribution in [-0.4, -0.2) is 41.4 Å². The van der Waals surface area contributed by atoms with Crippen LogP contribution in [0.15, 0.2) is 0 Å². The molecule has 1 fully saturated rings. The lowest BCUT2D eigenvalue weighted by Gasteiger charge is -2.23. The van der Waals surface area contributed by atoms with Crippen molar-refractivity contribution in [3.63, 3.8) is 0 Å². The predicted octanol–water partition coefficient (Wildman–Crippen LogP) is 0.241. The fraction of sp³-hybridized carbons (Fsp3) is 0.833. The molecule has 5 heteroatoms. The van der Waals surface area contributed by atoms with Gasteiger partial charge < -0.3 is 16.0 Å². The Labute approximate surface area is 103 Å². The van der Waals surface area contributed by atoms with E-state index in [0.717, 1.165) is 25.9 Å². The summed E-state index contributed by atoms with van der Waals surface area (Å²) in [7, 11) is 0. The van der Waals surface area contributed by atoms with Gasteiger partial charge in [-0.15, -0.1) is 0 Å². The highest BCUT2D eigenvalue weighted by atomic mass is 16.2. The standard InChI is InChI=1S/C12H23N3O2/c1-9(11(17)15-6-4-5-7-15)14-10(16)8-12(2,3)13/h9H,4-8,13H2,1-3H3,(H,14,16). The third kappa shape index (κ3) is 4.73. The van der Waals surface area contributed by atoms with E-state index in [-0.39, 0.29) is 18.2 Å². The summed E-state index contributed by atoms with van der Waals surface area (Å²) in [6, 6.07) is -0.456. The van der Waals surface area contributed by atoms with Crippen molar-refractivity contribution in [2.75, 3.05) is 13.1 Å². The molecule has 1 aliphatic rings. The van der Waals surface area contributed by atoms with Gasteiger partial charge in [-0.2, -0.15) is 0 Å². The van der Waals surface area contributed by atoms with E-state index >= 15 is 0 Å². The monoisotopic (exact) mass is 241 g/mol. The highest BCUT2D eigenvalue weighted by Crippen LogP contribution is 2.09. The van der Waals surface area contributed by atoms with E-state index in [0.29, 0.717) is 0 Å². The zero-order chi connectivity index (χ0) is 13.1. The Bertz CT molecular complexity index is 291. The van der Waals surface area contributed by atoms with Gasteiger partial charge in [-0.1, -0.05) is 0 Å². The molecule has 0 aliphatic carbocycles. The molecule has 0 aromatic heterocycles. The van der Waals surface area contributed by atoms with Crippen LogP contribution in [0.25, 0.3) is 0 Å². The minimum absolute atomic E-state index is 0.00526. The van der Waals surface area contributed by atoms with Crippen LogP contribution in [0.2, 0.25) is 0 Å². The van der Waals surface area contributed by atoms with Crippen molar-refractivity contribution in [3.05, 3.63) is 0 Å². The van der Waals surface area contributed by atoms with Gasteiger partial charge in [0.05, 0.1) is 0 Å². The SMILES string of the molecule is CC(NC(=O)CC(C)(C)N)C(=O)N1CCCC1. The first-order chi connectivity index (χ1) is 7.79. The molecule has 1 heterocycles. The number of amides is 2. The second-order valence-electron chi connectivity index (χ2n) is 5.49. The van der Waals surface area contributed by atoms with Crippen LogP contribution >= 0.6 is 0 Å². The van der Waals surface area contributed by atoms with Crippen LogP contribution in [0.1, 0.15) is 40.0 Å². The van der Waals surface area contributed by atoms with E-state index in [2.05, 4.69) is 5.32 Å². The smallest absolute Gasteiger partial charge is 0.244 e. The molecule has 2 amide bonds. The molecule has 1 rings (SSSR count). The minimum Gasteiger partial charge on any atom is -0.345 e. The third-order valence-electron chi connectivity index (χ3n) is 2.78. The Hall–Kier alpha value is -1.10. The molecule has 0 aromatic carbocycles.